The molecule has 0 saturated carbocycles. The predicted octanol–water partition coefficient (Wildman–Crippen LogP) is 2.06. The third-order valence-corrected chi connectivity index (χ3v) is 3.50. The first-order chi connectivity index (χ1) is 10.5. The lowest BCUT2D eigenvalue weighted by Gasteiger charge is -2.20. The van der Waals surface area contributed by atoms with Crippen LogP contribution >= 0.6 is 0 Å². The fourth-order valence-electron chi connectivity index (χ4n) is 2.17. The summed E-state index contributed by atoms with van der Waals surface area (Å²) in [6, 6.07) is 6.32. The summed E-state index contributed by atoms with van der Waals surface area (Å²) in [7, 11) is 0. The number of amides is 1. The quantitative estimate of drug-likeness (QED) is 0.828. The van der Waals surface area contributed by atoms with E-state index in [2.05, 4.69) is 15.5 Å². The van der Waals surface area contributed by atoms with Crippen LogP contribution in [0.2, 0.25) is 0 Å². The molecule has 1 heterocycles. The van der Waals surface area contributed by atoms with E-state index < -0.39 is 17.9 Å². The highest BCUT2D eigenvalue weighted by Gasteiger charge is 2.26. The number of carbonyl (C=O) groups is 2. The van der Waals surface area contributed by atoms with Crippen LogP contribution in [-0.2, 0) is 9.53 Å². The Bertz CT molecular complexity index is 665. The molecule has 1 atom stereocenters. The number of aromatic nitrogens is 2. The molecule has 0 spiro atoms. The number of carbonyl (C=O) groups excluding carboxylic acids is 2. The first-order valence-electron chi connectivity index (χ1n) is 7.07. The van der Waals surface area contributed by atoms with Crippen molar-refractivity contribution in [1.82, 2.24) is 15.5 Å². The van der Waals surface area contributed by atoms with Crippen LogP contribution in [0.4, 0.5) is 0 Å². The van der Waals surface area contributed by atoms with E-state index in [1.54, 1.807) is 13.0 Å². The van der Waals surface area contributed by atoms with Crippen molar-refractivity contribution in [2.75, 3.05) is 6.61 Å². The zero-order valence-electron chi connectivity index (χ0n) is 12.8. The largest absolute Gasteiger partial charge is 0.464 e. The number of hydrogen-bond acceptors (Lipinski definition) is 4. The zero-order chi connectivity index (χ0) is 16.1. The number of ether oxygens (including phenoxy) is 1. The fourth-order valence-corrected chi connectivity index (χ4v) is 2.17. The second-order valence-electron chi connectivity index (χ2n) is 4.92. The minimum absolute atomic E-state index is 0.250. The van der Waals surface area contributed by atoms with Crippen molar-refractivity contribution in [2.24, 2.45) is 0 Å². The highest BCUT2D eigenvalue weighted by molar-refractivity contribution is 5.95. The van der Waals surface area contributed by atoms with Crippen LogP contribution in [0.5, 0.6) is 0 Å². The Hall–Kier alpha value is -2.63. The minimum Gasteiger partial charge on any atom is -0.464 e. The first-order valence-corrected chi connectivity index (χ1v) is 7.07. The van der Waals surface area contributed by atoms with Crippen molar-refractivity contribution >= 4 is 11.9 Å². The summed E-state index contributed by atoms with van der Waals surface area (Å²) in [6.45, 7) is 5.85. The van der Waals surface area contributed by atoms with E-state index in [-0.39, 0.29) is 6.61 Å². The number of rotatable bonds is 5. The van der Waals surface area contributed by atoms with Gasteiger partial charge in [-0.15, -0.1) is 0 Å². The van der Waals surface area contributed by atoms with E-state index in [1.807, 2.05) is 32.0 Å². The number of aryl methyl sites for hydroxylation is 1. The van der Waals surface area contributed by atoms with E-state index in [0.717, 1.165) is 16.7 Å². The number of nitrogens with one attached hydrogen (secondary N) is 2. The third kappa shape index (κ3) is 3.33. The molecule has 6 heteroatoms. The van der Waals surface area contributed by atoms with Gasteiger partial charge in [-0.3, -0.25) is 9.89 Å². The molecule has 1 amide bonds. The average Bonchev–Trinajstić information content (AvgIpc) is 3.02. The number of aromatic amines is 1. The monoisotopic (exact) mass is 301 g/mol. The van der Waals surface area contributed by atoms with Crippen molar-refractivity contribution in [3.63, 3.8) is 0 Å². The molecule has 1 unspecified atom stereocenters. The van der Waals surface area contributed by atoms with Crippen LogP contribution < -0.4 is 5.32 Å². The Morgan fingerprint density at radius 2 is 2.09 bits per heavy atom. The Morgan fingerprint density at radius 1 is 1.32 bits per heavy atom. The minimum atomic E-state index is -0.851. The van der Waals surface area contributed by atoms with Crippen molar-refractivity contribution in [1.29, 1.82) is 0 Å². The van der Waals surface area contributed by atoms with Gasteiger partial charge in [-0.05, 0) is 43.5 Å². The summed E-state index contributed by atoms with van der Waals surface area (Å²) in [5.74, 6) is -0.888. The van der Waals surface area contributed by atoms with Gasteiger partial charge in [0.2, 0.25) is 0 Å². The van der Waals surface area contributed by atoms with Crippen molar-refractivity contribution in [3.8, 4) is 0 Å². The van der Waals surface area contributed by atoms with Crippen LogP contribution in [0.3, 0.4) is 0 Å². The van der Waals surface area contributed by atoms with Crippen LogP contribution in [0.25, 0.3) is 0 Å². The molecule has 1 aromatic carbocycles. The maximum absolute atomic E-state index is 12.2. The predicted molar refractivity (Wildman–Crippen MR) is 81.3 cm³/mol. The number of nitrogens with zero attached hydrogens (tertiary/aromatic N) is 1. The van der Waals surface area contributed by atoms with Gasteiger partial charge < -0.3 is 10.1 Å². The molecule has 2 rings (SSSR count). The summed E-state index contributed by atoms with van der Waals surface area (Å²) in [5, 5.41) is 9.01. The number of hydrogen-bond donors (Lipinski definition) is 2. The highest BCUT2D eigenvalue weighted by Crippen LogP contribution is 2.22. The van der Waals surface area contributed by atoms with Gasteiger partial charge in [0.1, 0.15) is 5.69 Å². The van der Waals surface area contributed by atoms with Crippen molar-refractivity contribution < 1.29 is 14.3 Å². The molecule has 0 bridgehead atoms. The van der Waals surface area contributed by atoms with Crippen LogP contribution in [0.15, 0.2) is 30.5 Å². The SMILES string of the molecule is CCOC(=O)C(NC(=O)c1ccn[nH]1)c1cccc(C)c1C. The Kier molecular flexibility index (Phi) is 4.93. The van der Waals surface area contributed by atoms with Gasteiger partial charge >= 0.3 is 5.97 Å². The fraction of sp³-hybridized carbons (Fsp3) is 0.312. The molecule has 116 valence electrons. The normalized spacial score (nSPS) is 11.8. The molecule has 0 radical (unpaired) electrons. The molecule has 2 aromatic rings. The van der Waals surface area contributed by atoms with E-state index in [0.29, 0.717) is 5.69 Å². The van der Waals surface area contributed by atoms with Gasteiger partial charge in [-0.1, -0.05) is 18.2 Å². The van der Waals surface area contributed by atoms with E-state index >= 15 is 0 Å². The van der Waals surface area contributed by atoms with Gasteiger partial charge in [-0.25, -0.2) is 4.79 Å². The highest BCUT2D eigenvalue weighted by atomic mass is 16.5. The molecule has 0 aliphatic heterocycles. The van der Waals surface area contributed by atoms with E-state index in [1.165, 1.54) is 6.20 Å². The average molecular weight is 301 g/mol. The summed E-state index contributed by atoms with van der Waals surface area (Å²) in [6.07, 6.45) is 1.48. The Labute approximate surface area is 128 Å². The van der Waals surface area contributed by atoms with Crippen molar-refractivity contribution in [2.45, 2.75) is 26.8 Å². The van der Waals surface area contributed by atoms with Crippen molar-refractivity contribution in [3.05, 3.63) is 52.8 Å². The zero-order valence-corrected chi connectivity index (χ0v) is 12.8. The van der Waals surface area contributed by atoms with E-state index in [9.17, 15) is 9.59 Å². The maximum Gasteiger partial charge on any atom is 0.333 e. The molecular weight excluding hydrogens is 282 g/mol. The van der Waals surface area contributed by atoms with Gasteiger partial charge in [0.15, 0.2) is 6.04 Å². The van der Waals surface area contributed by atoms with Crippen LogP contribution in [0.1, 0.15) is 40.1 Å². The van der Waals surface area contributed by atoms with E-state index in [4.69, 9.17) is 4.74 Å². The second kappa shape index (κ2) is 6.89. The molecule has 22 heavy (non-hydrogen) atoms. The van der Waals surface area contributed by atoms with Gasteiger partial charge in [0.25, 0.3) is 5.91 Å². The molecule has 1 aromatic heterocycles. The second-order valence-corrected chi connectivity index (χ2v) is 4.92. The molecule has 0 aliphatic rings. The summed E-state index contributed by atoms with van der Waals surface area (Å²) in [5.41, 5.74) is 3.01. The molecule has 0 aliphatic carbocycles. The molecule has 0 saturated heterocycles. The molecular formula is C16H19N3O3. The lowest BCUT2D eigenvalue weighted by Crippen LogP contribution is -2.35. The molecule has 0 fully saturated rings. The third-order valence-electron chi connectivity index (χ3n) is 3.50. The standard InChI is InChI=1S/C16H19N3O3/c1-4-22-16(21)14(12-7-5-6-10(2)11(12)3)18-15(20)13-8-9-17-19-13/h5-9,14H,4H2,1-3H3,(H,17,19)(H,18,20). The Morgan fingerprint density at radius 3 is 2.73 bits per heavy atom. The lowest BCUT2D eigenvalue weighted by atomic mass is 9.97. The molecule has 6 nitrogen and oxygen atoms in total. The van der Waals surface area contributed by atoms with Crippen LogP contribution in [-0.4, -0.2) is 28.7 Å². The first kappa shape index (κ1) is 15.8. The topological polar surface area (TPSA) is 84.1 Å². The summed E-state index contributed by atoms with van der Waals surface area (Å²) in [4.78, 5) is 24.5. The summed E-state index contributed by atoms with van der Waals surface area (Å²) >= 11 is 0. The van der Waals surface area contributed by atoms with Gasteiger partial charge in [0, 0.05) is 6.20 Å². The van der Waals surface area contributed by atoms with Crippen LogP contribution in [0, 0.1) is 13.8 Å². The van der Waals surface area contributed by atoms with Gasteiger partial charge in [0.05, 0.1) is 6.61 Å². The number of H-pyrrole nitrogens is 1. The smallest absolute Gasteiger partial charge is 0.333 e. The lowest BCUT2D eigenvalue weighted by molar-refractivity contribution is -0.145. The maximum atomic E-state index is 12.2. The Balaban J connectivity index is 2.32. The molecule has 2 N–H and O–H groups in total. The number of esters is 1. The number of benzene rings is 1. The summed E-state index contributed by atoms with van der Waals surface area (Å²) < 4.78 is 5.09. The van der Waals surface area contributed by atoms with Gasteiger partial charge in [-0.2, -0.15) is 5.10 Å².